The largest absolute Gasteiger partial charge is 0.341 e. The number of ketones is 1. The molecule has 0 spiro atoms. The van der Waals surface area contributed by atoms with Gasteiger partial charge in [0.05, 0.1) is 0 Å². The molecular formula is C21H27FN2O3. The van der Waals surface area contributed by atoms with Gasteiger partial charge < -0.3 is 9.80 Å². The van der Waals surface area contributed by atoms with E-state index in [1.165, 1.54) is 24.3 Å². The zero-order valence-corrected chi connectivity index (χ0v) is 15.8. The number of carbonyl (C=O) groups excluding carboxylic acids is 3. The Morgan fingerprint density at radius 2 is 1.67 bits per heavy atom. The Morgan fingerprint density at radius 3 is 2.33 bits per heavy atom. The van der Waals surface area contributed by atoms with Crippen LogP contribution in [0.5, 0.6) is 0 Å². The standard InChI is InChI=1S/C21H27FN2O3/c1-15-10-13-23(14-11-15)21(27)18-3-2-12-24(18)20(26)9-8-19(25)16-4-6-17(22)7-5-16/h4-7,15,18H,2-3,8-14H2,1H3/t18-/m0/s1. The van der Waals surface area contributed by atoms with E-state index in [1.54, 1.807) is 4.90 Å². The van der Waals surface area contributed by atoms with Gasteiger partial charge in [0.2, 0.25) is 11.8 Å². The van der Waals surface area contributed by atoms with Crippen LogP contribution in [0.25, 0.3) is 0 Å². The SMILES string of the molecule is CC1CCN(C(=O)[C@@H]2CCCN2C(=O)CCC(=O)c2ccc(F)cc2)CC1. The van der Waals surface area contributed by atoms with Crippen molar-refractivity contribution in [3.63, 3.8) is 0 Å². The third-order valence-corrected chi connectivity index (χ3v) is 5.69. The quantitative estimate of drug-likeness (QED) is 0.745. The van der Waals surface area contributed by atoms with Crippen molar-refractivity contribution in [2.45, 2.75) is 51.5 Å². The number of hydrogen-bond acceptors (Lipinski definition) is 3. The molecule has 0 saturated carbocycles. The Bertz CT molecular complexity index is 696. The molecule has 3 rings (SSSR count). The van der Waals surface area contributed by atoms with Crippen LogP contribution in [-0.2, 0) is 9.59 Å². The molecule has 0 bridgehead atoms. The summed E-state index contributed by atoms with van der Waals surface area (Å²) in [5.41, 5.74) is 0.403. The summed E-state index contributed by atoms with van der Waals surface area (Å²) in [6.45, 7) is 4.30. The van der Waals surface area contributed by atoms with Crippen LogP contribution in [0.15, 0.2) is 24.3 Å². The zero-order chi connectivity index (χ0) is 19.4. The highest BCUT2D eigenvalue weighted by Crippen LogP contribution is 2.24. The molecular weight excluding hydrogens is 347 g/mol. The molecule has 0 N–H and O–H groups in total. The van der Waals surface area contributed by atoms with Crippen LogP contribution in [0.4, 0.5) is 4.39 Å². The predicted octanol–water partition coefficient (Wildman–Crippen LogP) is 3.04. The van der Waals surface area contributed by atoms with Crippen molar-refractivity contribution in [2.75, 3.05) is 19.6 Å². The number of hydrogen-bond donors (Lipinski definition) is 0. The lowest BCUT2D eigenvalue weighted by atomic mass is 9.98. The normalized spacial score (nSPS) is 20.7. The van der Waals surface area contributed by atoms with E-state index in [1.807, 2.05) is 4.90 Å². The fraction of sp³-hybridized carbons (Fsp3) is 0.571. The first-order valence-corrected chi connectivity index (χ1v) is 9.82. The summed E-state index contributed by atoms with van der Waals surface area (Å²) in [6, 6.07) is 4.96. The molecule has 6 heteroatoms. The number of piperidine rings is 1. The highest BCUT2D eigenvalue weighted by molar-refractivity contribution is 5.98. The van der Waals surface area contributed by atoms with Crippen molar-refractivity contribution < 1.29 is 18.8 Å². The first kappa shape index (κ1) is 19.5. The Labute approximate surface area is 159 Å². The van der Waals surface area contributed by atoms with E-state index >= 15 is 0 Å². The number of likely N-dealkylation sites (tertiary alicyclic amines) is 2. The van der Waals surface area contributed by atoms with Gasteiger partial charge in [0.25, 0.3) is 0 Å². The maximum atomic E-state index is 13.0. The number of carbonyl (C=O) groups is 3. The Kier molecular flexibility index (Phi) is 6.24. The molecule has 2 amide bonds. The van der Waals surface area contributed by atoms with Gasteiger partial charge in [-0.3, -0.25) is 14.4 Å². The van der Waals surface area contributed by atoms with E-state index in [-0.39, 0.29) is 36.5 Å². The van der Waals surface area contributed by atoms with Gasteiger partial charge in [-0.05, 0) is 55.9 Å². The van der Waals surface area contributed by atoms with Crippen molar-refractivity contribution in [3.8, 4) is 0 Å². The number of benzene rings is 1. The van der Waals surface area contributed by atoms with Crippen molar-refractivity contribution in [2.24, 2.45) is 5.92 Å². The van der Waals surface area contributed by atoms with E-state index in [9.17, 15) is 18.8 Å². The molecule has 1 aromatic carbocycles. The van der Waals surface area contributed by atoms with E-state index in [4.69, 9.17) is 0 Å². The molecule has 0 unspecified atom stereocenters. The predicted molar refractivity (Wildman–Crippen MR) is 99.7 cm³/mol. The molecule has 0 radical (unpaired) electrons. The highest BCUT2D eigenvalue weighted by atomic mass is 19.1. The minimum atomic E-state index is -0.395. The lowest BCUT2D eigenvalue weighted by Gasteiger charge is -2.34. The molecule has 27 heavy (non-hydrogen) atoms. The molecule has 1 atom stereocenters. The zero-order valence-electron chi connectivity index (χ0n) is 15.8. The first-order chi connectivity index (χ1) is 13.0. The Hall–Kier alpha value is -2.24. The van der Waals surface area contributed by atoms with Crippen LogP contribution >= 0.6 is 0 Å². The number of Topliss-reactive ketones (excluding diaryl/α,β-unsaturated/α-hetero) is 1. The molecule has 5 nitrogen and oxygen atoms in total. The van der Waals surface area contributed by atoms with E-state index in [2.05, 4.69) is 6.92 Å². The molecule has 0 aromatic heterocycles. The van der Waals surface area contributed by atoms with Gasteiger partial charge in [0.1, 0.15) is 11.9 Å². The summed E-state index contributed by atoms with van der Waals surface area (Å²) in [4.78, 5) is 41.2. The van der Waals surface area contributed by atoms with Crippen LogP contribution in [0, 0.1) is 11.7 Å². The first-order valence-electron chi connectivity index (χ1n) is 9.82. The second kappa shape index (κ2) is 8.63. The van der Waals surface area contributed by atoms with Crippen LogP contribution in [0.1, 0.15) is 55.8 Å². The van der Waals surface area contributed by atoms with Crippen molar-refractivity contribution in [1.29, 1.82) is 0 Å². The van der Waals surface area contributed by atoms with Crippen LogP contribution in [0.2, 0.25) is 0 Å². The topological polar surface area (TPSA) is 57.7 Å². The van der Waals surface area contributed by atoms with Crippen molar-refractivity contribution in [1.82, 2.24) is 9.80 Å². The minimum Gasteiger partial charge on any atom is -0.341 e. The molecule has 2 saturated heterocycles. The fourth-order valence-electron chi connectivity index (χ4n) is 3.91. The lowest BCUT2D eigenvalue weighted by molar-refractivity contribution is -0.144. The van der Waals surface area contributed by atoms with Gasteiger partial charge in [-0.15, -0.1) is 0 Å². The minimum absolute atomic E-state index is 0.0533. The van der Waals surface area contributed by atoms with Crippen LogP contribution in [-0.4, -0.2) is 53.1 Å². The lowest BCUT2D eigenvalue weighted by Crippen LogP contribution is -2.49. The summed E-state index contributed by atoms with van der Waals surface area (Å²) in [5, 5.41) is 0. The number of rotatable bonds is 5. The highest BCUT2D eigenvalue weighted by Gasteiger charge is 2.37. The average Bonchev–Trinajstić information content (AvgIpc) is 3.16. The Balaban J connectivity index is 1.54. The van der Waals surface area contributed by atoms with Gasteiger partial charge in [-0.1, -0.05) is 6.92 Å². The molecule has 2 aliphatic heterocycles. The van der Waals surface area contributed by atoms with Gasteiger partial charge in [-0.25, -0.2) is 4.39 Å². The summed E-state index contributed by atoms with van der Waals surface area (Å²) < 4.78 is 13.0. The summed E-state index contributed by atoms with van der Waals surface area (Å²) >= 11 is 0. The van der Waals surface area contributed by atoms with Gasteiger partial charge in [0.15, 0.2) is 5.78 Å². The van der Waals surface area contributed by atoms with Gasteiger partial charge in [0, 0.05) is 38.0 Å². The summed E-state index contributed by atoms with van der Waals surface area (Å²) in [5.74, 6) is -0.0271. The van der Waals surface area contributed by atoms with Crippen molar-refractivity contribution >= 4 is 17.6 Å². The fourth-order valence-corrected chi connectivity index (χ4v) is 3.91. The third kappa shape index (κ3) is 4.73. The van der Waals surface area contributed by atoms with E-state index < -0.39 is 5.82 Å². The number of halogens is 1. The molecule has 2 fully saturated rings. The molecule has 0 aliphatic carbocycles. The van der Waals surface area contributed by atoms with Gasteiger partial charge >= 0.3 is 0 Å². The Morgan fingerprint density at radius 1 is 1.00 bits per heavy atom. The maximum absolute atomic E-state index is 13.0. The monoisotopic (exact) mass is 374 g/mol. The van der Waals surface area contributed by atoms with Gasteiger partial charge in [-0.2, -0.15) is 0 Å². The molecule has 2 aliphatic rings. The second-order valence-electron chi connectivity index (χ2n) is 7.68. The molecule has 1 aromatic rings. The molecule has 2 heterocycles. The van der Waals surface area contributed by atoms with Crippen molar-refractivity contribution in [3.05, 3.63) is 35.6 Å². The smallest absolute Gasteiger partial charge is 0.245 e. The third-order valence-electron chi connectivity index (χ3n) is 5.69. The second-order valence-corrected chi connectivity index (χ2v) is 7.68. The summed E-state index contributed by atoms with van der Waals surface area (Å²) in [7, 11) is 0. The van der Waals surface area contributed by atoms with E-state index in [0.717, 1.165) is 32.4 Å². The van der Waals surface area contributed by atoms with E-state index in [0.29, 0.717) is 24.4 Å². The average molecular weight is 374 g/mol. The summed E-state index contributed by atoms with van der Waals surface area (Å²) in [6.07, 6.45) is 3.69. The molecule has 146 valence electrons. The number of amides is 2. The van der Waals surface area contributed by atoms with Crippen LogP contribution in [0.3, 0.4) is 0 Å². The van der Waals surface area contributed by atoms with Crippen LogP contribution < -0.4 is 0 Å². The number of nitrogens with zero attached hydrogens (tertiary/aromatic N) is 2. The maximum Gasteiger partial charge on any atom is 0.245 e.